The minimum absolute atomic E-state index is 0.398. The number of hydrogen-bond acceptors (Lipinski definition) is 3. The lowest BCUT2D eigenvalue weighted by molar-refractivity contribution is 0.316. The van der Waals surface area contributed by atoms with Crippen molar-refractivity contribution >= 4 is 15.9 Å². The first-order valence-electron chi connectivity index (χ1n) is 4.51. The standard InChI is InChI=1S/C11H14BrNO2/c1-8(6-13)7-15-11-9(12)4-3-5-10(11)14-2/h3-5H,1,6-7,13H2,2H3. The van der Waals surface area contributed by atoms with Crippen molar-refractivity contribution in [3.63, 3.8) is 0 Å². The zero-order valence-corrected chi connectivity index (χ0v) is 10.2. The molecule has 0 aliphatic rings. The van der Waals surface area contributed by atoms with Crippen LogP contribution in [0.2, 0.25) is 0 Å². The van der Waals surface area contributed by atoms with Crippen molar-refractivity contribution in [3.8, 4) is 11.5 Å². The van der Waals surface area contributed by atoms with Gasteiger partial charge in [0.2, 0.25) is 0 Å². The zero-order valence-electron chi connectivity index (χ0n) is 8.63. The van der Waals surface area contributed by atoms with Gasteiger partial charge in [0.05, 0.1) is 11.6 Å². The highest BCUT2D eigenvalue weighted by Crippen LogP contribution is 2.34. The Balaban J connectivity index is 2.78. The Morgan fingerprint density at radius 3 is 2.87 bits per heavy atom. The van der Waals surface area contributed by atoms with Gasteiger partial charge in [-0.1, -0.05) is 12.6 Å². The molecule has 0 aliphatic carbocycles. The summed E-state index contributed by atoms with van der Waals surface area (Å²) in [6.07, 6.45) is 0. The zero-order chi connectivity index (χ0) is 11.3. The lowest BCUT2D eigenvalue weighted by Crippen LogP contribution is -2.10. The molecule has 1 rings (SSSR count). The molecule has 3 nitrogen and oxygen atoms in total. The number of halogens is 1. The summed E-state index contributed by atoms with van der Waals surface area (Å²) < 4.78 is 11.6. The van der Waals surface area contributed by atoms with E-state index in [1.807, 2.05) is 18.2 Å². The molecule has 15 heavy (non-hydrogen) atoms. The molecule has 2 N–H and O–H groups in total. The van der Waals surface area contributed by atoms with Crippen LogP contribution >= 0.6 is 15.9 Å². The van der Waals surface area contributed by atoms with Crippen LogP contribution in [0.25, 0.3) is 0 Å². The first kappa shape index (κ1) is 12.1. The molecule has 82 valence electrons. The van der Waals surface area contributed by atoms with Gasteiger partial charge in [-0.25, -0.2) is 0 Å². The van der Waals surface area contributed by atoms with Gasteiger partial charge in [0.25, 0.3) is 0 Å². The van der Waals surface area contributed by atoms with Crippen molar-refractivity contribution in [1.29, 1.82) is 0 Å². The van der Waals surface area contributed by atoms with E-state index in [0.29, 0.717) is 24.7 Å². The molecule has 0 saturated heterocycles. The molecule has 0 heterocycles. The third-order valence-corrected chi connectivity index (χ3v) is 2.48. The minimum atomic E-state index is 0.398. The smallest absolute Gasteiger partial charge is 0.175 e. The second-order valence-corrected chi connectivity index (χ2v) is 3.87. The molecule has 0 amide bonds. The number of rotatable bonds is 5. The Kier molecular flexibility index (Phi) is 4.65. The molecule has 0 aromatic heterocycles. The molecule has 0 spiro atoms. The van der Waals surface area contributed by atoms with Gasteiger partial charge < -0.3 is 15.2 Å². The van der Waals surface area contributed by atoms with Gasteiger partial charge in [0, 0.05) is 6.54 Å². The summed E-state index contributed by atoms with van der Waals surface area (Å²) in [6.45, 7) is 4.59. The maximum Gasteiger partial charge on any atom is 0.175 e. The Morgan fingerprint density at radius 2 is 2.27 bits per heavy atom. The van der Waals surface area contributed by atoms with Crippen LogP contribution in [0.4, 0.5) is 0 Å². The number of hydrogen-bond donors (Lipinski definition) is 1. The number of para-hydroxylation sites is 1. The molecule has 0 saturated carbocycles. The Hall–Kier alpha value is -1.00. The van der Waals surface area contributed by atoms with Gasteiger partial charge in [-0.05, 0) is 33.6 Å². The summed E-state index contributed by atoms with van der Waals surface area (Å²) in [5.41, 5.74) is 6.26. The third-order valence-electron chi connectivity index (χ3n) is 1.86. The minimum Gasteiger partial charge on any atom is -0.493 e. The van der Waals surface area contributed by atoms with E-state index in [1.54, 1.807) is 7.11 Å². The van der Waals surface area contributed by atoms with Gasteiger partial charge in [-0.2, -0.15) is 0 Å². The highest BCUT2D eigenvalue weighted by atomic mass is 79.9. The normalized spacial score (nSPS) is 9.80. The molecular formula is C11H14BrNO2. The van der Waals surface area contributed by atoms with E-state index in [4.69, 9.17) is 15.2 Å². The van der Waals surface area contributed by atoms with Gasteiger partial charge in [-0.15, -0.1) is 0 Å². The third kappa shape index (κ3) is 3.25. The first-order valence-corrected chi connectivity index (χ1v) is 5.30. The highest BCUT2D eigenvalue weighted by molar-refractivity contribution is 9.10. The fourth-order valence-corrected chi connectivity index (χ4v) is 1.49. The molecule has 1 aromatic carbocycles. The van der Waals surface area contributed by atoms with E-state index in [9.17, 15) is 0 Å². The summed E-state index contributed by atoms with van der Waals surface area (Å²) >= 11 is 3.39. The SMILES string of the molecule is C=C(CN)COc1c(Br)cccc1OC. The Bertz CT molecular complexity index is 352. The fraction of sp³-hybridized carbons (Fsp3) is 0.273. The average Bonchev–Trinajstić information content (AvgIpc) is 2.26. The van der Waals surface area contributed by atoms with Crippen molar-refractivity contribution in [1.82, 2.24) is 0 Å². The van der Waals surface area contributed by atoms with Crippen molar-refractivity contribution in [3.05, 3.63) is 34.8 Å². The molecule has 1 aromatic rings. The van der Waals surface area contributed by atoms with Crippen molar-refractivity contribution in [2.75, 3.05) is 20.3 Å². The van der Waals surface area contributed by atoms with Crippen LogP contribution in [-0.2, 0) is 0 Å². The Labute approximate surface area is 98.0 Å². The summed E-state index contributed by atoms with van der Waals surface area (Å²) in [5.74, 6) is 1.36. The van der Waals surface area contributed by atoms with E-state index in [1.165, 1.54) is 0 Å². The van der Waals surface area contributed by atoms with Gasteiger partial charge >= 0.3 is 0 Å². The molecular weight excluding hydrogens is 258 g/mol. The predicted molar refractivity (Wildman–Crippen MR) is 64.4 cm³/mol. The second kappa shape index (κ2) is 5.78. The molecule has 0 bridgehead atoms. The van der Waals surface area contributed by atoms with Crippen LogP contribution in [-0.4, -0.2) is 20.3 Å². The topological polar surface area (TPSA) is 44.5 Å². The number of ether oxygens (including phenoxy) is 2. The number of nitrogens with two attached hydrogens (primary N) is 1. The molecule has 0 radical (unpaired) electrons. The highest BCUT2D eigenvalue weighted by Gasteiger charge is 2.08. The van der Waals surface area contributed by atoms with Crippen LogP contribution in [0.15, 0.2) is 34.8 Å². The van der Waals surface area contributed by atoms with Crippen LogP contribution in [0.3, 0.4) is 0 Å². The molecule has 4 heteroatoms. The molecule has 0 atom stereocenters. The predicted octanol–water partition coefficient (Wildman–Crippen LogP) is 2.35. The van der Waals surface area contributed by atoms with E-state index in [0.717, 1.165) is 10.0 Å². The Morgan fingerprint density at radius 1 is 1.53 bits per heavy atom. The van der Waals surface area contributed by atoms with Gasteiger partial charge in [0.1, 0.15) is 6.61 Å². The van der Waals surface area contributed by atoms with Crippen molar-refractivity contribution in [2.45, 2.75) is 0 Å². The van der Waals surface area contributed by atoms with Crippen molar-refractivity contribution < 1.29 is 9.47 Å². The molecule has 0 unspecified atom stereocenters. The largest absolute Gasteiger partial charge is 0.493 e. The maximum atomic E-state index is 5.56. The van der Waals surface area contributed by atoms with Crippen LogP contribution < -0.4 is 15.2 Å². The summed E-state index contributed by atoms with van der Waals surface area (Å²) in [7, 11) is 1.60. The number of methoxy groups -OCH3 is 1. The van der Waals surface area contributed by atoms with Crippen LogP contribution in [0, 0.1) is 0 Å². The monoisotopic (exact) mass is 271 g/mol. The van der Waals surface area contributed by atoms with Gasteiger partial charge in [0.15, 0.2) is 11.5 Å². The van der Waals surface area contributed by atoms with E-state index in [2.05, 4.69) is 22.5 Å². The number of benzene rings is 1. The summed E-state index contributed by atoms with van der Waals surface area (Å²) in [4.78, 5) is 0. The maximum absolute atomic E-state index is 5.56. The van der Waals surface area contributed by atoms with Crippen molar-refractivity contribution in [2.24, 2.45) is 5.73 Å². The summed E-state index contributed by atoms with van der Waals surface area (Å²) in [6, 6.07) is 5.61. The van der Waals surface area contributed by atoms with Crippen LogP contribution in [0.5, 0.6) is 11.5 Å². The quantitative estimate of drug-likeness (QED) is 0.837. The molecule has 0 aliphatic heterocycles. The van der Waals surface area contributed by atoms with E-state index >= 15 is 0 Å². The molecule has 0 fully saturated rings. The lowest BCUT2D eigenvalue weighted by Gasteiger charge is -2.12. The van der Waals surface area contributed by atoms with Crippen LogP contribution in [0.1, 0.15) is 0 Å². The first-order chi connectivity index (χ1) is 7.19. The lowest BCUT2D eigenvalue weighted by atomic mass is 10.3. The average molecular weight is 272 g/mol. The van der Waals surface area contributed by atoms with Gasteiger partial charge in [-0.3, -0.25) is 0 Å². The summed E-state index contributed by atoms with van der Waals surface area (Å²) in [5, 5.41) is 0. The fourth-order valence-electron chi connectivity index (χ4n) is 1.02. The second-order valence-electron chi connectivity index (χ2n) is 3.01. The van der Waals surface area contributed by atoms with E-state index in [-0.39, 0.29) is 0 Å². The van der Waals surface area contributed by atoms with E-state index < -0.39 is 0 Å².